The third-order valence-corrected chi connectivity index (χ3v) is 7.17. The Hall–Kier alpha value is -2.37. The highest BCUT2D eigenvalue weighted by molar-refractivity contribution is 9.10. The van der Waals surface area contributed by atoms with Gasteiger partial charge in [-0.15, -0.1) is 0 Å². The van der Waals surface area contributed by atoms with Gasteiger partial charge in [-0.25, -0.2) is 13.8 Å². The predicted molar refractivity (Wildman–Crippen MR) is 112 cm³/mol. The van der Waals surface area contributed by atoms with Crippen LogP contribution in [0.3, 0.4) is 0 Å². The normalized spacial score (nSPS) is 17.5. The smallest absolute Gasteiger partial charge is 0.301 e. The lowest BCUT2D eigenvalue weighted by molar-refractivity contribution is 0.103. The van der Waals surface area contributed by atoms with E-state index in [1.165, 1.54) is 16.7 Å². The summed E-state index contributed by atoms with van der Waals surface area (Å²) in [7, 11) is -4.05. The zero-order valence-electron chi connectivity index (χ0n) is 15.7. The molecule has 1 aromatic carbocycles. The minimum absolute atomic E-state index is 0.0183. The van der Waals surface area contributed by atoms with Gasteiger partial charge < -0.3 is 4.98 Å². The van der Waals surface area contributed by atoms with Crippen molar-refractivity contribution in [1.82, 2.24) is 14.3 Å². The van der Waals surface area contributed by atoms with Crippen LogP contribution in [0.25, 0.3) is 11.0 Å². The molecule has 0 saturated carbocycles. The average Bonchev–Trinajstić information content (AvgIpc) is 3.30. The van der Waals surface area contributed by atoms with Crippen molar-refractivity contribution in [3.05, 3.63) is 57.8 Å². The quantitative estimate of drug-likeness (QED) is 0.520. The highest BCUT2D eigenvalue weighted by atomic mass is 79.9. The summed E-state index contributed by atoms with van der Waals surface area (Å²) < 4.78 is 58.8. The summed E-state index contributed by atoms with van der Waals surface area (Å²) in [6.45, 7) is 2.06. The molecule has 0 spiro atoms. The van der Waals surface area contributed by atoms with E-state index in [-0.39, 0.29) is 11.6 Å². The lowest BCUT2D eigenvalue weighted by atomic mass is 10.0. The lowest BCUT2D eigenvalue weighted by Crippen LogP contribution is -2.38. The van der Waals surface area contributed by atoms with Gasteiger partial charge in [-0.1, -0.05) is 0 Å². The second-order valence-electron chi connectivity index (χ2n) is 7.07. The summed E-state index contributed by atoms with van der Waals surface area (Å²) in [5.74, 6) is -3.29. The van der Waals surface area contributed by atoms with Crippen molar-refractivity contribution in [1.29, 1.82) is 0 Å². The Morgan fingerprint density at radius 3 is 2.83 bits per heavy atom. The zero-order valence-corrected chi connectivity index (χ0v) is 18.1. The standard InChI is InChI=1S/C19H17BrF2N4O3S/c1-10-3-2-6-26(10)30(28,29)25-15-5-4-14(21)16(17(15)22)18(27)13-9-24-19-12(13)7-11(20)8-23-19/h4-5,7-10,25H,2-3,6H2,1H3,(H,23,24). The highest BCUT2D eigenvalue weighted by Gasteiger charge is 2.33. The van der Waals surface area contributed by atoms with Crippen LogP contribution in [0, 0.1) is 11.6 Å². The number of anilines is 1. The molecule has 4 rings (SSSR count). The molecule has 158 valence electrons. The van der Waals surface area contributed by atoms with Crippen molar-refractivity contribution in [2.45, 2.75) is 25.8 Å². The van der Waals surface area contributed by atoms with Crippen molar-refractivity contribution >= 4 is 48.6 Å². The Kier molecular flexibility index (Phi) is 5.37. The Labute approximate surface area is 179 Å². The monoisotopic (exact) mass is 498 g/mol. The van der Waals surface area contributed by atoms with Crippen LogP contribution >= 0.6 is 15.9 Å². The molecule has 0 radical (unpaired) electrons. The summed E-state index contributed by atoms with van der Waals surface area (Å²) in [6.07, 6.45) is 4.22. The van der Waals surface area contributed by atoms with E-state index in [2.05, 4.69) is 30.6 Å². The molecule has 0 bridgehead atoms. The Morgan fingerprint density at radius 2 is 2.13 bits per heavy atom. The number of nitrogens with one attached hydrogen (secondary N) is 2. The number of aromatic amines is 1. The molecule has 3 aromatic rings. The summed E-state index contributed by atoms with van der Waals surface area (Å²) in [5, 5.41) is 0.380. The number of aromatic nitrogens is 2. The molecule has 7 nitrogen and oxygen atoms in total. The van der Waals surface area contributed by atoms with Gasteiger partial charge in [0.2, 0.25) is 5.78 Å². The summed E-state index contributed by atoms with van der Waals surface area (Å²) >= 11 is 3.25. The van der Waals surface area contributed by atoms with E-state index in [1.54, 1.807) is 13.0 Å². The van der Waals surface area contributed by atoms with Crippen LogP contribution in [0.15, 0.2) is 35.1 Å². The molecule has 1 saturated heterocycles. The number of carbonyl (C=O) groups excluding carboxylic acids is 1. The Balaban J connectivity index is 1.74. The molecule has 1 aliphatic rings. The summed E-state index contributed by atoms with van der Waals surface area (Å²) in [4.78, 5) is 19.9. The number of benzene rings is 1. The zero-order chi connectivity index (χ0) is 21.6. The minimum Gasteiger partial charge on any atom is -0.345 e. The van der Waals surface area contributed by atoms with Crippen molar-refractivity contribution in [2.75, 3.05) is 11.3 Å². The van der Waals surface area contributed by atoms with Crippen LogP contribution in [0.4, 0.5) is 14.5 Å². The number of hydrogen-bond donors (Lipinski definition) is 2. The topological polar surface area (TPSA) is 95.2 Å². The average molecular weight is 499 g/mol. The first-order valence-corrected chi connectivity index (χ1v) is 11.4. The van der Waals surface area contributed by atoms with Crippen LogP contribution in [-0.4, -0.2) is 41.1 Å². The van der Waals surface area contributed by atoms with Gasteiger partial charge in [0.25, 0.3) is 0 Å². The molecular formula is C19H17BrF2N4O3S. The van der Waals surface area contributed by atoms with Gasteiger partial charge >= 0.3 is 10.2 Å². The van der Waals surface area contributed by atoms with E-state index in [0.29, 0.717) is 34.9 Å². The van der Waals surface area contributed by atoms with Crippen LogP contribution in [0.5, 0.6) is 0 Å². The third kappa shape index (κ3) is 3.61. The first-order chi connectivity index (χ1) is 14.2. The van der Waals surface area contributed by atoms with Gasteiger partial charge in [-0.3, -0.25) is 9.52 Å². The Bertz CT molecular complexity index is 1260. The van der Waals surface area contributed by atoms with E-state index in [9.17, 15) is 17.6 Å². The third-order valence-electron chi connectivity index (χ3n) is 5.10. The van der Waals surface area contributed by atoms with E-state index in [4.69, 9.17) is 0 Å². The molecule has 0 amide bonds. The fourth-order valence-electron chi connectivity index (χ4n) is 3.60. The second-order valence-corrected chi connectivity index (χ2v) is 9.61. The maximum atomic E-state index is 15.1. The molecule has 1 fully saturated rings. The number of ketones is 1. The van der Waals surface area contributed by atoms with E-state index < -0.39 is 38.9 Å². The fraction of sp³-hybridized carbons (Fsp3) is 0.263. The summed E-state index contributed by atoms with van der Waals surface area (Å²) in [6, 6.07) is 3.20. The molecule has 30 heavy (non-hydrogen) atoms. The van der Waals surface area contributed by atoms with Gasteiger partial charge in [-0.05, 0) is 53.9 Å². The molecule has 11 heteroatoms. The molecular weight excluding hydrogens is 482 g/mol. The molecule has 3 heterocycles. The number of rotatable bonds is 5. The number of fused-ring (bicyclic) bond motifs is 1. The minimum atomic E-state index is -4.05. The Morgan fingerprint density at radius 1 is 1.37 bits per heavy atom. The van der Waals surface area contributed by atoms with E-state index >= 15 is 4.39 Å². The van der Waals surface area contributed by atoms with Crippen molar-refractivity contribution in [2.24, 2.45) is 0 Å². The van der Waals surface area contributed by atoms with E-state index in [0.717, 1.165) is 12.1 Å². The van der Waals surface area contributed by atoms with Crippen LogP contribution in [0.2, 0.25) is 0 Å². The van der Waals surface area contributed by atoms with Gasteiger partial charge in [0, 0.05) is 40.4 Å². The number of hydrogen-bond acceptors (Lipinski definition) is 4. The van der Waals surface area contributed by atoms with Crippen LogP contribution < -0.4 is 4.72 Å². The van der Waals surface area contributed by atoms with Gasteiger partial charge in [0.15, 0.2) is 5.82 Å². The highest BCUT2D eigenvalue weighted by Crippen LogP contribution is 2.29. The molecule has 2 N–H and O–H groups in total. The lowest BCUT2D eigenvalue weighted by Gasteiger charge is -2.22. The molecule has 0 aliphatic carbocycles. The van der Waals surface area contributed by atoms with Gasteiger partial charge in [0.1, 0.15) is 11.5 Å². The first kappa shape index (κ1) is 20.9. The molecule has 1 aliphatic heterocycles. The van der Waals surface area contributed by atoms with Gasteiger partial charge in [-0.2, -0.15) is 12.7 Å². The van der Waals surface area contributed by atoms with Crippen molar-refractivity contribution in [3.8, 4) is 0 Å². The molecule has 1 atom stereocenters. The largest absolute Gasteiger partial charge is 0.345 e. The van der Waals surface area contributed by atoms with Crippen molar-refractivity contribution in [3.63, 3.8) is 0 Å². The maximum absolute atomic E-state index is 15.1. The number of pyridine rings is 1. The van der Waals surface area contributed by atoms with E-state index in [1.807, 2.05) is 0 Å². The number of H-pyrrole nitrogens is 1. The SMILES string of the molecule is CC1CCCN1S(=O)(=O)Nc1ccc(F)c(C(=O)c2c[nH]c3ncc(Br)cc23)c1F. The number of nitrogens with zero attached hydrogens (tertiary/aromatic N) is 2. The molecule has 2 aromatic heterocycles. The van der Waals surface area contributed by atoms with Crippen LogP contribution in [-0.2, 0) is 10.2 Å². The summed E-state index contributed by atoms with van der Waals surface area (Å²) in [5.41, 5.74) is -0.935. The van der Waals surface area contributed by atoms with Gasteiger partial charge in [0.05, 0.1) is 11.3 Å². The van der Waals surface area contributed by atoms with Crippen molar-refractivity contribution < 1.29 is 22.0 Å². The number of halogens is 3. The number of carbonyl (C=O) groups is 1. The molecule has 1 unspecified atom stereocenters. The van der Waals surface area contributed by atoms with Crippen LogP contribution in [0.1, 0.15) is 35.7 Å². The fourth-order valence-corrected chi connectivity index (χ4v) is 5.43. The second kappa shape index (κ2) is 7.71. The first-order valence-electron chi connectivity index (χ1n) is 9.14. The predicted octanol–water partition coefficient (Wildman–Crippen LogP) is 3.98. The maximum Gasteiger partial charge on any atom is 0.301 e.